The van der Waals surface area contributed by atoms with Crippen LogP contribution in [0.4, 0.5) is 4.39 Å². The summed E-state index contributed by atoms with van der Waals surface area (Å²) < 4.78 is 13.2. The fourth-order valence-electron chi connectivity index (χ4n) is 2.33. The molecule has 1 nitrogen and oxygen atoms in total. The summed E-state index contributed by atoms with van der Waals surface area (Å²) >= 11 is 0. The quantitative estimate of drug-likeness (QED) is 0.821. The fourth-order valence-corrected chi connectivity index (χ4v) is 2.33. The maximum atomic E-state index is 13.2. The summed E-state index contributed by atoms with van der Waals surface area (Å²) in [6, 6.07) is 5.55. The van der Waals surface area contributed by atoms with Crippen molar-refractivity contribution >= 4 is 0 Å². The van der Waals surface area contributed by atoms with Crippen LogP contribution >= 0.6 is 0 Å². The molecule has 0 saturated heterocycles. The molecule has 16 heavy (non-hydrogen) atoms. The lowest BCUT2D eigenvalue weighted by Crippen LogP contribution is -2.21. The Bertz CT molecular complexity index is 360. The summed E-state index contributed by atoms with van der Waals surface area (Å²) in [6.45, 7) is 5.48. The van der Waals surface area contributed by atoms with E-state index < -0.39 is 0 Å². The van der Waals surface area contributed by atoms with Crippen molar-refractivity contribution in [2.45, 2.75) is 39.2 Å². The molecule has 2 heteroatoms. The lowest BCUT2D eigenvalue weighted by atomic mass is 10.1. The van der Waals surface area contributed by atoms with Gasteiger partial charge in [0.25, 0.3) is 0 Å². The number of benzene rings is 1. The van der Waals surface area contributed by atoms with Crippen LogP contribution < -0.4 is 5.32 Å². The van der Waals surface area contributed by atoms with Gasteiger partial charge in [0.05, 0.1) is 0 Å². The number of hydrogen-bond acceptors (Lipinski definition) is 1. The Morgan fingerprint density at radius 1 is 1.44 bits per heavy atom. The number of halogens is 1. The third-order valence-corrected chi connectivity index (χ3v) is 3.30. The molecule has 1 unspecified atom stereocenters. The zero-order valence-corrected chi connectivity index (χ0v) is 10.1. The first-order valence-corrected chi connectivity index (χ1v) is 6.18. The molecule has 0 saturated carbocycles. The molecule has 1 aromatic rings. The van der Waals surface area contributed by atoms with Crippen molar-refractivity contribution in [2.75, 3.05) is 6.54 Å². The SMILES string of the molecule is CC(C)CCNC1CCc2ccc(F)cc21. The van der Waals surface area contributed by atoms with E-state index in [4.69, 9.17) is 0 Å². The Kier molecular flexibility index (Phi) is 3.59. The van der Waals surface area contributed by atoms with Crippen molar-refractivity contribution in [3.05, 3.63) is 35.1 Å². The van der Waals surface area contributed by atoms with Crippen LogP contribution in [-0.2, 0) is 6.42 Å². The molecule has 0 aliphatic heterocycles. The van der Waals surface area contributed by atoms with Gasteiger partial charge in [-0.05, 0) is 55.0 Å². The maximum absolute atomic E-state index is 13.2. The molecular formula is C14H20FN. The summed E-state index contributed by atoms with van der Waals surface area (Å²) in [5.41, 5.74) is 2.48. The van der Waals surface area contributed by atoms with E-state index in [-0.39, 0.29) is 5.82 Å². The third kappa shape index (κ3) is 2.62. The molecule has 88 valence electrons. The molecule has 0 heterocycles. The predicted molar refractivity (Wildman–Crippen MR) is 64.9 cm³/mol. The van der Waals surface area contributed by atoms with E-state index in [9.17, 15) is 4.39 Å². The number of fused-ring (bicyclic) bond motifs is 1. The van der Waals surface area contributed by atoms with Crippen molar-refractivity contribution in [3.63, 3.8) is 0 Å². The first-order chi connectivity index (χ1) is 7.66. The van der Waals surface area contributed by atoms with Crippen LogP contribution in [0, 0.1) is 11.7 Å². The second kappa shape index (κ2) is 4.96. The summed E-state index contributed by atoms with van der Waals surface area (Å²) in [7, 11) is 0. The van der Waals surface area contributed by atoms with Gasteiger partial charge in [0, 0.05) is 6.04 Å². The highest BCUT2D eigenvalue weighted by Gasteiger charge is 2.21. The van der Waals surface area contributed by atoms with Gasteiger partial charge in [-0.15, -0.1) is 0 Å². The molecule has 1 atom stereocenters. The third-order valence-electron chi connectivity index (χ3n) is 3.30. The Morgan fingerprint density at radius 2 is 2.25 bits per heavy atom. The van der Waals surface area contributed by atoms with Gasteiger partial charge >= 0.3 is 0 Å². The van der Waals surface area contributed by atoms with Crippen LogP contribution in [0.2, 0.25) is 0 Å². The van der Waals surface area contributed by atoms with Crippen molar-refractivity contribution in [1.29, 1.82) is 0 Å². The van der Waals surface area contributed by atoms with Crippen LogP contribution in [0.1, 0.15) is 43.9 Å². The molecule has 0 radical (unpaired) electrons. The summed E-state index contributed by atoms with van der Waals surface area (Å²) in [6.07, 6.45) is 3.37. The largest absolute Gasteiger partial charge is 0.310 e. The number of hydrogen-bond donors (Lipinski definition) is 1. The average Bonchev–Trinajstić information content (AvgIpc) is 2.60. The van der Waals surface area contributed by atoms with Crippen LogP contribution in [0.15, 0.2) is 18.2 Å². The lowest BCUT2D eigenvalue weighted by molar-refractivity contribution is 0.475. The van der Waals surface area contributed by atoms with Crippen LogP contribution in [-0.4, -0.2) is 6.54 Å². The molecule has 0 spiro atoms. The second-order valence-corrected chi connectivity index (χ2v) is 5.07. The first kappa shape index (κ1) is 11.6. The second-order valence-electron chi connectivity index (χ2n) is 5.07. The van der Waals surface area contributed by atoms with Crippen LogP contribution in [0.3, 0.4) is 0 Å². The first-order valence-electron chi connectivity index (χ1n) is 6.18. The van der Waals surface area contributed by atoms with Crippen molar-refractivity contribution < 1.29 is 4.39 Å². The molecular weight excluding hydrogens is 201 g/mol. The fraction of sp³-hybridized carbons (Fsp3) is 0.571. The van der Waals surface area contributed by atoms with E-state index in [1.165, 1.54) is 17.5 Å². The van der Waals surface area contributed by atoms with Crippen molar-refractivity contribution in [3.8, 4) is 0 Å². The normalized spacial score (nSPS) is 19.1. The summed E-state index contributed by atoms with van der Waals surface area (Å²) in [4.78, 5) is 0. The minimum Gasteiger partial charge on any atom is -0.310 e. The highest BCUT2D eigenvalue weighted by Crippen LogP contribution is 2.31. The zero-order valence-electron chi connectivity index (χ0n) is 10.1. The minimum atomic E-state index is -0.115. The summed E-state index contributed by atoms with van der Waals surface area (Å²) in [5, 5.41) is 3.53. The molecule has 1 aliphatic rings. The number of aryl methyl sites for hydroxylation is 1. The van der Waals surface area contributed by atoms with E-state index in [1.54, 1.807) is 12.1 Å². The lowest BCUT2D eigenvalue weighted by Gasteiger charge is -2.15. The number of rotatable bonds is 4. The molecule has 1 aliphatic carbocycles. The highest BCUT2D eigenvalue weighted by molar-refractivity contribution is 5.34. The highest BCUT2D eigenvalue weighted by atomic mass is 19.1. The zero-order chi connectivity index (χ0) is 11.5. The van der Waals surface area contributed by atoms with E-state index in [1.807, 2.05) is 6.07 Å². The molecule has 0 aromatic heterocycles. The van der Waals surface area contributed by atoms with Crippen LogP contribution in [0.25, 0.3) is 0 Å². The minimum absolute atomic E-state index is 0.115. The Balaban J connectivity index is 1.97. The van der Waals surface area contributed by atoms with Crippen LogP contribution in [0.5, 0.6) is 0 Å². The van der Waals surface area contributed by atoms with Gasteiger partial charge in [-0.25, -0.2) is 4.39 Å². The van der Waals surface area contributed by atoms with Gasteiger partial charge in [-0.3, -0.25) is 0 Å². The number of nitrogens with one attached hydrogen (secondary N) is 1. The molecule has 1 aromatic carbocycles. The molecule has 0 amide bonds. The molecule has 0 fully saturated rings. The smallest absolute Gasteiger partial charge is 0.123 e. The van der Waals surface area contributed by atoms with E-state index in [0.29, 0.717) is 6.04 Å². The van der Waals surface area contributed by atoms with Gasteiger partial charge in [0.15, 0.2) is 0 Å². The Hall–Kier alpha value is -0.890. The monoisotopic (exact) mass is 221 g/mol. The Labute approximate surface area is 97.1 Å². The van der Waals surface area contributed by atoms with Gasteiger partial charge in [0.2, 0.25) is 0 Å². The average molecular weight is 221 g/mol. The van der Waals surface area contributed by atoms with Crippen molar-refractivity contribution in [1.82, 2.24) is 5.32 Å². The van der Waals surface area contributed by atoms with E-state index >= 15 is 0 Å². The summed E-state index contributed by atoms with van der Waals surface area (Å²) in [5.74, 6) is 0.609. The van der Waals surface area contributed by atoms with Gasteiger partial charge in [-0.1, -0.05) is 19.9 Å². The van der Waals surface area contributed by atoms with Gasteiger partial charge in [0.1, 0.15) is 5.82 Å². The van der Waals surface area contributed by atoms with Gasteiger partial charge < -0.3 is 5.32 Å². The molecule has 0 bridgehead atoms. The maximum Gasteiger partial charge on any atom is 0.123 e. The molecule has 2 rings (SSSR count). The van der Waals surface area contributed by atoms with Crippen molar-refractivity contribution in [2.24, 2.45) is 5.92 Å². The van der Waals surface area contributed by atoms with E-state index in [2.05, 4.69) is 19.2 Å². The standard InChI is InChI=1S/C14H20FN/c1-10(2)7-8-16-14-6-4-11-3-5-12(15)9-13(11)14/h3,5,9-10,14,16H,4,6-8H2,1-2H3. The predicted octanol–water partition coefficient (Wildman–Crippen LogP) is 3.45. The van der Waals surface area contributed by atoms with Gasteiger partial charge in [-0.2, -0.15) is 0 Å². The molecule has 1 N–H and O–H groups in total. The Morgan fingerprint density at radius 3 is 3.00 bits per heavy atom. The topological polar surface area (TPSA) is 12.0 Å². The van der Waals surface area contributed by atoms with E-state index in [0.717, 1.165) is 25.3 Å².